The first kappa shape index (κ1) is 22.2. The number of nitrogens with one attached hydrogen (secondary N) is 3. The smallest absolute Gasteiger partial charge is 0.206 e. The van der Waals surface area contributed by atoms with Gasteiger partial charge in [-0.05, 0) is 55.5 Å². The molecule has 35 heavy (non-hydrogen) atoms. The zero-order chi connectivity index (χ0) is 23.8. The molecule has 1 aliphatic heterocycles. The number of piperazine rings is 1. The number of H-pyrrole nitrogens is 1. The number of hydrogen-bond acceptors (Lipinski definition) is 6. The Hall–Kier alpha value is -3.30. The standard InChI is InChI=1S/C26H31FN8/c1-17(34-11-9-28-10-12-34)19-7-8-29-23(13-19)32-26-31-22-6-5-21(24(27)25(22)33-26)20-14-30-35(16-20)15-18-3-2-4-18/h5-8,13-14,16-18,28H,2-4,9-12,15H2,1H3,(H2,29,31,32,33). The second kappa shape index (κ2) is 9.39. The maximum atomic E-state index is 15.5. The Labute approximate surface area is 204 Å². The average molecular weight is 475 g/mol. The Kier molecular flexibility index (Phi) is 5.95. The van der Waals surface area contributed by atoms with Crippen molar-refractivity contribution < 1.29 is 4.39 Å². The summed E-state index contributed by atoms with van der Waals surface area (Å²) in [6, 6.07) is 8.00. The molecule has 4 aromatic rings. The molecule has 9 heteroatoms. The van der Waals surface area contributed by atoms with Crippen molar-refractivity contribution >= 4 is 22.8 Å². The lowest BCUT2D eigenvalue weighted by molar-refractivity contribution is 0.185. The third-order valence-corrected chi connectivity index (χ3v) is 7.42. The van der Waals surface area contributed by atoms with Crippen LogP contribution in [-0.4, -0.2) is 55.8 Å². The number of hydrogen-bond donors (Lipinski definition) is 3. The van der Waals surface area contributed by atoms with Gasteiger partial charge in [-0.25, -0.2) is 14.4 Å². The van der Waals surface area contributed by atoms with Gasteiger partial charge in [-0.15, -0.1) is 0 Å². The summed E-state index contributed by atoms with van der Waals surface area (Å²) in [5, 5.41) is 11.1. The predicted octanol–water partition coefficient (Wildman–Crippen LogP) is 4.47. The molecular formula is C26H31FN8. The summed E-state index contributed by atoms with van der Waals surface area (Å²) in [6.07, 6.45) is 9.30. The molecule has 182 valence electrons. The molecule has 0 bridgehead atoms. The van der Waals surface area contributed by atoms with Gasteiger partial charge in [0.05, 0.1) is 11.7 Å². The van der Waals surface area contributed by atoms with Gasteiger partial charge in [-0.3, -0.25) is 9.58 Å². The van der Waals surface area contributed by atoms with Crippen LogP contribution in [0.1, 0.15) is 37.8 Å². The molecule has 0 radical (unpaired) electrons. The van der Waals surface area contributed by atoms with Gasteiger partial charge in [0, 0.05) is 62.3 Å². The monoisotopic (exact) mass is 474 g/mol. The van der Waals surface area contributed by atoms with Gasteiger partial charge in [0.2, 0.25) is 5.95 Å². The van der Waals surface area contributed by atoms with Crippen LogP contribution >= 0.6 is 0 Å². The van der Waals surface area contributed by atoms with Crippen LogP contribution in [0, 0.1) is 11.7 Å². The zero-order valence-electron chi connectivity index (χ0n) is 20.0. The van der Waals surface area contributed by atoms with Crippen molar-refractivity contribution in [3.8, 4) is 11.1 Å². The van der Waals surface area contributed by atoms with Crippen LogP contribution in [0.4, 0.5) is 16.2 Å². The minimum Gasteiger partial charge on any atom is -0.321 e. The van der Waals surface area contributed by atoms with Crippen LogP contribution in [0.25, 0.3) is 22.2 Å². The normalized spacial score (nSPS) is 18.0. The summed E-state index contributed by atoms with van der Waals surface area (Å²) in [6.45, 7) is 7.19. The van der Waals surface area contributed by atoms with Gasteiger partial charge in [0.15, 0.2) is 5.82 Å². The SMILES string of the molecule is CC(c1ccnc(Nc2nc3ccc(-c4cnn(CC5CCC5)c4)c(F)c3[nH]2)c1)N1CCNCC1. The predicted molar refractivity (Wildman–Crippen MR) is 135 cm³/mol. The maximum Gasteiger partial charge on any atom is 0.206 e. The molecular weight excluding hydrogens is 443 g/mol. The first-order valence-corrected chi connectivity index (χ1v) is 12.5. The Morgan fingerprint density at radius 3 is 2.86 bits per heavy atom. The number of aromatic amines is 1. The van der Waals surface area contributed by atoms with E-state index in [2.05, 4.69) is 42.5 Å². The van der Waals surface area contributed by atoms with Crippen molar-refractivity contribution in [3.05, 3.63) is 54.2 Å². The number of pyridine rings is 1. The number of anilines is 2. The topological polar surface area (TPSA) is 86.7 Å². The molecule has 2 fully saturated rings. The molecule has 1 unspecified atom stereocenters. The van der Waals surface area contributed by atoms with Crippen LogP contribution in [0.2, 0.25) is 0 Å². The highest BCUT2D eigenvalue weighted by Crippen LogP contribution is 2.31. The van der Waals surface area contributed by atoms with Gasteiger partial charge in [-0.2, -0.15) is 5.10 Å². The molecule has 6 rings (SSSR count). The third-order valence-electron chi connectivity index (χ3n) is 7.42. The van der Waals surface area contributed by atoms with Crippen LogP contribution in [0.3, 0.4) is 0 Å². The second-order valence-corrected chi connectivity index (χ2v) is 9.72. The molecule has 4 heterocycles. The fraction of sp³-hybridized carbons (Fsp3) is 0.423. The van der Waals surface area contributed by atoms with E-state index in [1.807, 2.05) is 29.1 Å². The first-order chi connectivity index (χ1) is 17.1. The largest absolute Gasteiger partial charge is 0.321 e. The summed E-state index contributed by atoms with van der Waals surface area (Å²) < 4.78 is 17.4. The molecule has 2 aliphatic rings. The van der Waals surface area contributed by atoms with Crippen molar-refractivity contribution in [3.63, 3.8) is 0 Å². The number of nitrogens with zero attached hydrogens (tertiary/aromatic N) is 5. The number of aromatic nitrogens is 5. The molecule has 1 saturated heterocycles. The van der Waals surface area contributed by atoms with E-state index in [0.29, 0.717) is 40.3 Å². The van der Waals surface area contributed by atoms with Crippen LogP contribution in [0.5, 0.6) is 0 Å². The summed E-state index contributed by atoms with van der Waals surface area (Å²) in [5.74, 6) is 1.53. The number of imidazole rings is 1. The maximum absolute atomic E-state index is 15.5. The number of benzene rings is 1. The summed E-state index contributed by atoms with van der Waals surface area (Å²) in [4.78, 5) is 14.6. The van der Waals surface area contributed by atoms with Crippen molar-refractivity contribution in [1.29, 1.82) is 0 Å². The summed E-state index contributed by atoms with van der Waals surface area (Å²) in [7, 11) is 0. The van der Waals surface area contributed by atoms with Crippen molar-refractivity contribution in [2.45, 2.75) is 38.8 Å². The van der Waals surface area contributed by atoms with Crippen molar-refractivity contribution in [2.75, 3.05) is 31.5 Å². The minimum absolute atomic E-state index is 0.293. The molecule has 0 amide bonds. The van der Waals surface area contributed by atoms with E-state index in [9.17, 15) is 0 Å². The van der Waals surface area contributed by atoms with E-state index in [4.69, 9.17) is 0 Å². The molecule has 3 aromatic heterocycles. The number of fused-ring (bicyclic) bond motifs is 1. The highest BCUT2D eigenvalue weighted by Gasteiger charge is 2.20. The Morgan fingerprint density at radius 2 is 2.06 bits per heavy atom. The average Bonchev–Trinajstić information content (AvgIpc) is 3.49. The van der Waals surface area contributed by atoms with E-state index < -0.39 is 0 Å². The Balaban J connectivity index is 1.21. The quantitative estimate of drug-likeness (QED) is 0.366. The van der Waals surface area contributed by atoms with Gasteiger partial charge in [-0.1, -0.05) is 6.42 Å². The van der Waals surface area contributed by atoms with Gasteiger partial charge in [0.25, 0.3) is 0 Å². The molecule has 1 saturated carbocycles. The van der Waals surface area contributed by atoms with Crippen molar-refractivity contribution in [2.24, 2.45) is 5.92 Å². The lowest BCUT2D eigenvalue weighted by Gasteiger charge is -2.33. The highest BCUT2D eigenvalue weighted by molar-refractivity contribution is 5.84. The number of halogens is 1. The lowest BCUT2D eigenvalue weighted by atomic mass is 9.85. The van der Waals surface area contributed by atoms with Gasteiger partial charge < -0.3 is 15.6 Å². The zero-order valence-corrected chi connectivity index (χ0v) is 20.0. The van der Waals surface area contributed by atoms with Crippen LogP contribution < -0.4 is 10.6 Å². The van der Waals surface area contributed by atoms with E-state index in [-0.39, 0.29) is 5.82 Å². The second-order valence-electron chi connectivity index (χ2n) is 9.72. The Morgan fingerprint density at radius 1 is 1.20 bits per heavy atom. The molecule has 1 aliphatic carbocycles. The van der Waals surface area contributed by atoms with Crippen LogP contribution in [-0.2, 0) is 6.54 Å². The molecule has 0 spiro atoms. The molecule has 1 aromatic carbocycles. The summed E-state index contributed by atoms with van der Waals surface area (Å²) in [5.41, 5.74) is 3.44. The van der Waals surface area contributed by atoms with Gasteiger partial charge >= 0.3 is 0 Å². The third kappa shape index (κ3) is 4.53. The van der Waals surface area contributed by atoms with E-state index in [0.717, 1.165) is 38.3 Å². The van der Waals surface area contributed by atoms with Gasteiger partial charge in [0.1, 0.15) is 11.3 Å². The van der Waals surface area contributed by atoms with E-state index in [1.54, 1.807) is 18.5 Å². The van der Waals surface area contributed by atoms with Crippen LogP contribution in [0.15, 0.2) is 42.9 Å². The first-order valence-electron chi connectivity index (χ1n) is 12.5. The fourth-order valence-corrected chi connectivity index (χ4v) is 5.05. The molecule has 1 atom stereocenters. The minimum atomic E-state index is -0.319. The lowest BCUT2D eigenvalue weighted by Crippen LogP contribution is -2.44. The van der Waals surface area contributed by atoms with E-state index >= 15 is 4.39 Å². The fourth-order valence-electron chi connectivity index (χ4n) is 5.05. The molecule has 8 nitrogen and oxygen atoms in total. The highest BCUT2D eigenvalue weighted by atomic mass is 19.1. The Bertz CT molecular complexity index is 1320. The number of rotatable bonds is 7. The van der Waals surface area contributed by atoms with Crippen molar-refractivity contribution in [1.82, 2.24) is 34.9 Å². The summed E-state index contributed by atoms with van der Waals surface area (Å²) >= 11 is 0. The molecule has 3 N–H and O–H groups in total. The van der Waals surface area contributed by atoms with E-state index in [1.165, 1.54) is 24.8 Å².